The summed E-state index contributed by atoms with van der Waals surface area (Å²) < 4.78 is 33.4. The van der Waals surface area contributed by atoms with E-state index in [1.54, 1.807) is 24.3 Å². The fraction of sp³-hybridized carbons (Fsp3) is 0.250. The minimum atomic E-state index is -0.749. The van der Waals surface area contributed by atoms with Crippen molar-refractivity contribution < 1.29 is 13.5 Å². The number of nitrogens with one attached hydrogen (secondary N) is 1. The Bertz CT molecular complexity index is 606. The molecule has 0 bridgehead atoms. The van der Waals surface area contributed by atoms with E-state index in [0.29, 0.717) is 11.7 Å². The minimum absolute atomic E-state index is 0.0872. The van der Waals surface area contributed by atoms with Gasteiger partial charge in [-0.15, -0.1) is 0 Å². The molecule has 0 amide bonds. The SMILES string of the molecule is NNC(c1ccc(OC2CC2)cc1)c1c(F)cccc1F. The topological polar surface area (TPSA) is 47.3 Å². The molecule has 3 N–H and O–H groups in total. The molecule has 3 rings (SSSR count). The van der Waals surface area contributed by atoms with Crippen molar-refractivity contribution in [3.63, 3.8) is 0 Å². The minimum Gasteiger partial charge on any atom is -0.490 e. The zero-order valence-corrected chi connectivity index (χ0v) is 11.4. The number of benzene rings is 2. The summed E-state index contributed by atoms with van der Waals surface area (Å²) in [5, 5.41) is 0. The van der Waals surface area contributed by atoms with Gasteiger partial charge < -0.3 is 4.74 Å². The summed E-state index contributed by atoms with van der Waals surface area (Å²) in [6.45, 7) is 0. The molecule has 1 aliphatic carbocycles. The zero-order chi connectivity index (χ0) is 14.8. The van der Waals surface area contributed by atoms with E-state index in [9.17, 15) is 8.78 Å². The van der Waals surface area contributed by atoms with Crippen LogP contribution in [0.3, 0.4) is 0 Å². The highest BCUT2D eigenvalue weighted by Gasteiger charge is 2.24. The van der Waals surface area contributed by atoms with Gasteiger partial charge in [-0.1, -0.05) is 18.2 Å². The molecule has 1 unspecified atom stereocenters. The van der Waals surface area contributed by atoms with Crippen molar-refractivity contribution in [1.82, 2.24) is 5.43 Å². The van der Waals surface area contributed by atoms with Gasteiger partial charge in [-0.3, -0.25) is 5.84 Å². The second kappa shape index (κ2) is 5.79. The average molecular weight is 290 g/mol. The Balaban J connectivity index is 1.88. The van der Waals surface area contributed by atoms with Crippen LogP contribution in [0.4, 0.5) is 8.78 Å². The Morgan fingerprint density at radius 1 is 1.05 bits per heavy atom. The van der Waals surface area contributed by atoms with Crippen LogP contribution >= 0.6 is 0 Å². The van der Waals surface area contributed by atoms with E-state index < -0.39 is 17.7 Å². The van der Waals surface area contributed by atoms with E-state index in [2.05, 4.69) is 5.43 Å². The molecule has 5 heteroatoms. The van der Waals surface area contributed by atoms with Crippen molar-refractivity contribution in [2.75, 3.05) is 0 Å². The molecule has 2 aromatic carbocycles. The van der Waals surface area contributed by atoms with Crippen molar-refractivity contribution in [1.29, 1.82) is 0 Å². The highest BCUT2D eigenvalue weighted by molar-refractivity contribution is 5.36. The van der Waals surface area contributed by atoms with Gasteiger partial charge in [-0.2, -0.15) is 0 Å². The average Bonchev–Trinajstić information content (AvgIpc) is 3.28. The first-order valence-electron chi connectivity index (χ1n) is 6.85. The number of halogens is 2. The van der Waals surface area contributed by atoms with E-state index in [4.69, 9.17) is 10.6 Å². The molecule has 0 radical (unpaired) electrons. The van der Waals surface area contributed by atoms with Gasteiger partial charge in [0.25, 0.3) is 0 Å². The molecular weight excluding hydrogens is 274 g/mol. The van der Waals surface area contributed by atoms with E-state index in [1.165, 1.54) is 18.2 Å². The maximum Gasteiger partial charge on any atom is 0.131 e. The van der Waals surface area contributed by atoms with E-state index in [0.717, 1.165) is 18.6 Å². The maximum atomic E-state index is 13.9. The first-order valence-corrected chi connectivity index (χ1v) is 6.85. The van der Waals surface area contributed by atoms with Gasteiger partial charge in [-0.25, -0.2) is 14.2 Å². The zero-order valence-electron chi connectivity index (χ0n) is 11.4. The molecule has 0 spiro atoms. The molecule has 1 fully saturated rings. The molecule has 0 saturated heterocycles. The van der Waals surface area contributed by atoms with Crippen LogP contribution < -0.4 is 16.0 Å². The third kappa shape index (κ3) is 3.04. The quantitative estimate of drug-likeness (QED) is 0.657. The van der Waals surface area contributed by atoms with Crippen LogP contribution in [-0.2, 0) is 0 Å². The van der Waals surface area contributed by atoms with Gasteiger partial charge in [0, 0.05) is 5.56 Å². The van der Waals surface area contributed by atoms with Gasteiger partial charge in [0.15, 0.2) is 0 Å². The first-order chi connectivity index (χ1) is 10.2. The molecule has 1 atom stereocenters. The summed E-state index contributed by atoms with van der Waals surface area (Å²) in [6, 6.07) is 10.1. The van der Waals surface area contributed by atoms with Gasteiger partial charge >= 0.3 is 0 Å². The molecule has 110 valence electrons. The second-order valence-corrected chi connectivity index (χ2v) is 5.12. The summed E-state index contributed by atoms with van der Waals surface area (Å²) >= 11 is 0. The Labute approximate surface area is 121 Å². The third-order valence-electron chi connectivity index (χ3n) is 3.50. The van der Waals surface area contributed by atoms with Crippen molar-refractivity contribution >= 4 is 0 Å². The summed E-state index contributed by atoms with van der Waals surface area (Å²) in [6.07, 6.45) is 2.47. The third-order valence-corrected chi connectivity index (χ3v) is 3.50. The van der Waals surface area contributed by atoms with Crippen LogP contribution in [0, 0.1) is 11.6 Å². The Kier molecular flexibility index (Phi) is 3.86. The van der Waals surface area contributed by atoms with E-state index in [-0.39, 0.29) is 5.56 Å². The highest BCUT2D eigenvalue weighted by Crippen LogP contribution is 2.30. The van der Waals surface area contributed by atoms with Crippen LogP contribution in [0.5, 0.6) is 5.75 Å². The van der Waals surface area contributed by atoms with Crippen LogP contribution in [-0.4, -0.2) is 6.10 Å². The van der Waals surface area contributed by atoms with Gasteiger partial charge in [0.2, 0.25) is 0 Å². The van der Waals surface area contributed by atoms with Crippen molar-refractivity contribution in [2.24, 2.45) is 5.84 Å². The fourth-order valence-corrected chi connectivity index (χ4v) is 2.25. The Morgan fingerprint density at radius 2 is 1.67 bits per heavy atom. The Hall–Kier alpha value is -1.98. The molecule has 3 nitrogen and oxygen atoms in total. The number of hydrogen-bond donors (Lipinski definition) is 2. The molecule has 2 aromatic rings. The van der Waals surface area contributed by atoms with Crippen LogP contribution in [0.2, 0.25) is 0 Å². The fourth-order valence-electron chi connectivity index (χ4n) is 2.25. The smallest absolute Gasteiger partial charge is 0.131 e. The standard InChI is InChI=1S/C16H16F2N2O/c17-13-2-1-3-14(18)15(13)16(20-19)10-4-6-11(7-5-10)21-12-8-9-12/h1-7,12,16,20H,8-9,19H2. The lowest BCUT2D eigenvalue weighted by Crippen LogP contribution is -2.30. The number of ether oxygens (including phenoxy) is 1. The van der Waals surface area contributed by atoms with Crippen LogP contribution in [0.1, 0.15) is 30.0 Å². The molecule has 1 saturated carbocycles. The molecule has 0 aromatic heterocycles. The lowest BCUT2D eigenvalue weighted by atomic mass is 9.98. The lowest BCUT2D eigenvalue weighted by molar-refractivity contribution is 0.303. The summed E-state index contributed by atoms with van der Waals surface area (Å²) in [4.78, 5) is 0. The summed E-state index contributed by atoms with van der Waals surface area (Å²) in [7, 11) is 0. The number of nitrogens with two attached hydrogens (primary N) is 1. The van der Waals surface area contributed by atoms with Gasteiger partial charge in [0.05, 0.1) is 12.1 Å². The monoisotopic (exact) mass is 290 g/mol. The van der Waals surface area contributed by atoms with Crippen LogP contribution in [0.25, 0.3) is 0 Å². The molecular formula is C16H16F2N2O. The van der Waals surface area contributed by atoms with Gasteiger partial charge in [-0.05, 0) is 42.7 Å². The Morgan fingerprint density at radius 3 is 2.19 bits per heavy atom. The van der Waals surface area contributed by atoms with Crippen molar-refractivity contribution in [3.05, 3.63) is 65.2 Å². The predicted molar refractivity (Wildman–Crippen MR) is 75.6 cm³/mol. The van der Waals surface area contributed by atoms with Crippen LogP contribution in [0.15, 0.2) is 42.5 Å². The summed E-state index contributed by atoms with van der Waals surface area (Å²) in [5.74, 6) is 4.99. The van der Waals surface area contributed by atoms with E-state index in [1.807, 2.05) is 0 Å². The second-order valence-electron chi connectivity index (χ2n) is 5.12. The maximum absolute atomic E-state index is 13.9. The largest absolute Gasteiger partial charge is 0.490 e. The molecule has 21 heavy (non-hydrogen) atoms. The predicted octanol–water partition coefficient (Wildman–Crippen LogP) is 3.06. The van der Waals surface area contributed by atoms with E-state index >= 15 is 0 Å². The van der Waals surface area contributed by atoms with Gasteiger partial charge in [0.1, 0.15) is 17.4 Å². The highest BCUT2D eigenvalue weighted by atomic mass is 19.1. The number of hydrazine groups is 1. The lowest BCUT2D eigenvalue weighted by Gasteiger charge is -2.18. The van der Waals surface area contributed by atoms with Crippen molar-refractivity contribution in [3.8, 4) is 5.75 Å². The normalized spacial score (nSPS) is 15.8. The number of hydrogen-bond acceptors (Lipinski definition) is 3. The van der Waals surface area contributed by atoms with Crippen molar-refractivity contribution in [2.45, 2.75) is 25.0 Å². The molecule has 1 aliphatic rings. The molecule has 0 heterocycles. The summed E-state index contributed by atoms with van der Waals surface area (Å²) in [5.41, 5.74) is 3.05. The first kappa shape index (κ1) is 14.0. The number of rotatable bonds is 5. The molecule has 0 aliphatic heterocycles.